The molecule has 0 aliphatic carbocycles. The van der Waals surface area contributed by atoms with Crippen molar-refractivity contribution in [3.8, 4) is 0 Å². The molecule has 112 valence electrons. The molecule has 1 saturated heterocycles. The number of hydrogen-bond donors (Lipinski definition) is 0. The first kappa shape index (κ1) is 14.1. The van der Waals surface area contributed by atoms with Gasteiger partial charge in [0.05, 0.1) is 0 Å². The summed E-state index contributed by atoms with van der Waals surface area (Å²) in [7, 11) is 0. The lowest BCUT2D eigenvalue weighted by molar-refractivity contribution is -0.134. The van der Waals surface area contributed by atoms with Crippen LogP contribution in [0, 0.1) is 0 Å². The van der Waals surface area contributed by atoms with Crippen molar-refractivity contribution in [2.45, 2.75) is 45.1 Å². The van der Waals surface area contributed by atoms with E-state index < -0.39 is 0 Å². The summed E-state index contributed by atoms with van der Waals surface area (Å²) in [6, 6.07) is 8.24. The fourth-order valence-corrected chi connectivity index (χ4v) is 3.39. The Hall–Kier alpha value is -1.84. The number of carbonyl (C=O) groups is 2. The Kier molecular flexibility index (Phi) is 3.95. The van der Waals surface area contributed by atoms with Gasteiger partial charge in [-0.3, -0.25) is 9.59 Å². The molecule has 2 amide bonds. The van der Waals surface area contributed by atoms with Crippen LogP contribution in [0.1, 0.15) is 38.2 Å². The summed E-state index contributed by atoms with van der Waals surface area (Å²) in [6.45, 7) is 3.01. The van der Waals surface area contributed by atoms with E-state index in [1.807, 2.05) is 23.1 Å². The number of fused-ring (bicyclic) bond motifs is 1. The third kappa shape index (κ3) is 2.80. The molecule has 0 aromatic heterocycles. The number of amides is 2. The molecule has 0 bridgehead atoms. The van der Waals surface area contributed by atoms with Gasteiger partial charge in [0, 0.05) is 24.7 Å². The molecule has 2 heterocycles. The van der Waals surface area contributed by atoms with Crippen molar-refractivity contribution in [1.29, 1.82) is 0 Å². The highest BCUT2D eigenvalue weighted by Gasteiger charge is 2.32. The SMILES string of the molecule is C[C@H]1Cc2ccccc2N1C(=O)CN1CCCCCC1=O. The van der Waals surface area contributed by atoms with Crippen LogP contribution >= 0.6 is 0 Å². The average Bonchev–Trinajstić information content (AvgIpc) is 2.67. The minimum Gasteiger partial charge on any atom is -0.333 e. The fraction of sp³-hybridized carbons (Fsp3) is 0.529. The lowest BCUT2D eigenvalue weighted by Crippen LogP contribution is -2.45. The van der Waals surface area contributed by atoms with Crippen LogP contribution in [0.2, 0.25) is 0 Å². The van der Waals surface area contributed by atoms with Gasteiger partial charge in [0.2, 0.25) is 11.8 Å². The number of nitrogens with zero attached hydrogens (tertiary/aromatic N) is 2. The molecule has 0 spiro atoms. The van der Waals surface area contributed by atoms with Crippen LogP contribution in [-0.4, -0.2) is 35.8 Å². The van der Waals surface area contributed by atoms with Gasteiger partial charge in [0.25, 0.3) is 0 Å². The number of para-hydroxylation sites is 1. The van der Waals surface area contributed by atoms with E-state index >= 15 is 0 Å². The van der Waals surface area contributed by atoms with Gasteiger partial charge in [-0.05, 0) is 37.8 Å². The predicted octanol–water partition coefficient (Wildman–Crippen LogP) is 2.37. The maximum absolute atomic E-state index is 12.7. The van der Waals surface area contributed by atoms with Crippen molar-refractivity contribution in [1.82, 2.24) is 4.90 Å². The van der Waals surface area contributed by atoms with E-state index in [9.17, 15) is 9.59 Å². The average molecular weight is 286 g/mol. The number of anilines is 1. The molecule has 0 unspecified atom stereocenters. The molecular formula is C17H22N2O2. The fourth-order valence-electron chi connectivity index (χ4n) is 3.39. The van der Waals surface area contributed by atoms with Crippen molar-refractivity contribution in [2.24, 2.45) is 0 Å². The third-order valence-corrected chi connectivity index (χ3v) is 4.47. The minimum atomic E-state index is 0.0442. The monoisotopic (exact) mass is 286 g/mol. The van der Waals surface area contributed by atoms with Gasteiger partial charge in [0.1, 0.15) is 6.54 Å². The summed E-state index contributed by atoms with van der Waals surface area (Å²) < 4.78 is 0. The van der Waals surface area contributed by atoms with Gasteiger partial charge in [0.15, 0.2) is 0 Å². The standard InChI is InChI=1S/C17H22N2O2/c1-13-11-14-7-4-5-8-15(14)19(13)17(21)12-18-10-6-2-3-9-16(18)20/h4-5,7-8,13H,2-3,6,9-12H2,1H3/t13-/m0/s1. The van der Waals surface area contributed by atoms with E-state index in [0.29, 0.717) is 13.0 Å². The number of benzene rings is 1. The Morgan fingerprint density at radius 2 is 2.05 bits per heavy atom. The summed E-state index contributed by atoms with van der Waals surface area (Å²) in [5, 5.41) is 0. The molecule has 1 atom stereocenters. The van der Waals surface area contributed by atoms with E-state index in [-0.39, 0.29) is 24.4 Å². The van der Waals surface area contributed by atoms with Gasteiger partial charge in [-0.1, -0.05) is 24.6 Å². The van der Waals surface area contributed by atoms with Gasteiger partial charge >= 0.3 is 0 Å². The Labute approximate surface area is 125 Å². The minimum absolute atomic E-state index is 0.0442. The van der Waals surface area contributed by atoms with E-state index in [2.05, 4.69) is 13.0 Å². The molecule has 2 aliphatic heterocycles. The molecule has 1 aromatic rings. The van der Waals surface area contributed by atoms with Crippen LogP contribution in [0.3, 0.4) is 0 Å². The van der Waals surface area contributed by atoms with Gasteiger partial charge < -0.3 is 9.80 Å². The highest BCUT2D eigenvalue weighted by molar-refractivity contribution is 5.99. The molecule has 0 N–H and O–H groups in total. The summed E-state index contributed by atoms with van der Waals surface area (Å²) in [5.74, 6) is 0.170. The number of rotatable bonds is 2. The molecule has 0 radical (unpaired) electrons. The van der Waals surface area contributed by atoms with Crippen molar-refractivity contribution in [2.75, 3.05) is 18.0 Å². The van der Waals surface area contributed by atoms with Crippen LogP contribution in [-0.2, 0) is 16.0 Å². The quantitative estimate of drug-likeness (QED) is 0.837. The summed E-state index contributed by atoms with van der Waals surface area (Å²) in [6.07, 6.45) is 4.52. The molecule has 4 heteroatoms. The number of carbonyl (C=O) groups excluding carboxylic acids is 2. The molecule has 1 fully saturated rings. The highest BCUT2D eigenvalue weighted by Crippen LogP contribution is 2.31. The zero-order valence-electron chi connectivity index (χ0n) is 12.5. The maximum atomic E-state index is 12.7. The second-order valence-electron chi connectivity index (χ2n) is 6.07. The van der Waals surface area contributed by atoms with Crippen molar-refractivity contribution >= 4 is 17.5 Å². The maximum Gasteiger partial charge on any atom is 0.246 e. The summed E-state index contributed by atoms with van der Waals surface area (Å²) in [5.41, 5.74) is 2.23. The number of likely N-dealkylation sites (tertiary alicyclic amines) is 1. The first-order valence-corrected chi connectivity index (χ1v) is 7.84. The molecule has 4 nitrogen and oxygen atoms in total. The second-order valence-corrected chi connectivity index (χ2v) is 6.07. The Morgan fingerprint density at radius 3 is 2.90 bits per heavy atom. The lowest BCUT2D eigenvalue weighted by atomic mass is 10.1. The van der Waals surface area contributed by atoms with E-state index in [1.54, 1.807) is 4.90 Å². The number of hydrogen-bond acceptors (Lipinski definition) is 2. The Morgan fingerprint density at radius 1 is 1.24 bits per heavy atom. The molecule has 3 rings (SSSR count). The van der Waals surface area contributed by atoms with E-state index in [1.165, 1.54) is 5.56 Å². The topological polar surface area (TPSA) is 40.6 Å². The summed E-state index contributed by atoms with van der Waals surface area (Å²) in [4.78, 5) is 28.3. The van der Waals surface area contributed by atoms with Crippen molar-refractivity contribution in [3.63, 3.8) is 0 Å². The zero-order valence-corrected chi connectivity index (χ0v) is 12.5. The van der Waals surface area contributed by atoms with Gasteiger partial charge in [-0.2, -0.15) is 0 Å². The zero-order chi connectivity index (χ0) is 14.8. The molecule has 1 aromatic carbocycles. The smallest absolute Gasteiger partial charge is 0.246 e. The van der Waals surface area contributed by atoms with Gasteiger partial charge in [-0.25, -0.2) is 0 Å². The Bertz CT molecular complexity index is 555. The highest BCUT2D eigenvalue weighted by atomic mass is 16.2. The first-order chi connectivity index (χ1) is 10.2. The van der Waals surface area contributed by atoms with E-state index in [0.717, 1.165) is 31.4 Å². The molecule has 2 aliphatic rings. The van der Waals surface area contributed by atoms with Crippen LogP contribution in [0.4, 0.5) is 5.69 Å². The normalized spacial score (nSPS) is 22.1. The van der Waals surface area contributed by atoms with Crippen LogP contribution in [0.15, 0.2) is 24.3 Å². The lowest BCUT2D eigenvalue weighted by Gasteiger charge is -2.27. The van der Waals surface area contributed by atoms with Crippen molar-refractivity contribution < 1.29 is 9.59 Å². The molecule has 21 heavy (non-hydrogen) atoms. The third-order valence-electron chi connectivity index (χ3n) is 4.47. The van der Waals surface area contributed by atoms with Gasteiger partial charge in [-0.15, -0.1) is 0 Å². The Balaban J connectivity index is 1.74. The van der Waals surface area contributed by atoms with Crippen LogP contribution in [0.25, 0.3) is 0 Å². The van der Waals surface area contributed by atoms with Crippen molar-refractivity contribution in [3.05, 3.63) is 29.8 Å². The molecule has 0 saturated carbocycles. The first-order valence-electron chi connectivity index (χ1n) is 7.84. The predicted molar refractivity (Wildman–Crippen MR) is 82.1 cm³/mol. The second kappa shape index (κ2) is 5.88. The van der Waals surface area contributed by atoms with Crippen LogP contribution in [0.5, 0.6) is 0 Å². The summed E-state index contributed by atoms with van der Waals surface area (Å²) >= 11 is 0. The molecular weight excluding hydrogens is 264 g/mol. The van der Waals surface area contributed by atoms with Crippen LogP contribution < -0.4 is 4.90 Å². The largest absolute Gasteiger partial charge is 0.333 e. The van der Waals surface area contributed by atoms with E-state index in [4.69, 9.17) is 0 Å².